The molecule has 0 radical (unpaired) electrons. The fraction of sp³-hybridized carbons (Fsp3) is 0.200. The zero-order valence-corrected chi connectivity index (χ0v) is 14.2. The summed E-state index contributed by atoms with van der Waals surface area (Å²) in [6, 6.07) is 18.3. The van der Waals surface area contributed by atoms with Crippen LogP contribution in [0.3, 0.4) is 0 Å². The van der Waals surface area contributed by atoms with Gasteiger partial charge in [-0.05, 0) is 12.1 Å². The standard InChI is InChI=1S/C20H22N2O4/c23-19(24)17-9-3-5-11-21(17)13-15-7-1-2-8-16(15)14-22-12-6-4-10-18(22)20(25)26/h1-12,19-20,23-26H,13-14H2/q+2. The summed E-state index contributed by atoms with van der Waals surface area (Å²) in [6.45, 7) is 0.933. The fourth-order valence-corrected chi connectivity index (χ4v) is 2.97. The molecule has 0 aliphatic rings. The average molecular weight is 354 g/mol. The predicted octanol–water partition coefficient (Wildman–Crippen LogP) is 0.325. The quantitative estimate of drug-likeness (QED) is 0.379. The van der Waals surface area contributed by atoms with E-state index in [0.717, 1.165) is 11.1 Å². The Labute approximate surface area is 151 Å². The molecule has 6 heteroatoms. The second-order valence-electron chi connectivity index (χ2n) is 6.02. The van der Waals surface area contributed by atoms with Crippen molar-refractivity contribution < 1.29 is 29.6 Å². The molecule has 4 N–H and O–H groups in total. The van der Waals surface area contributed by atoms with Gasteiger partial charge in [0.1, 0.15) is 0 Å². The van der Waals surface area contributed by atoms with Gasteiger partial charge in [-0.2, -0.15) is 9.13 Å². The normalized spacial score (nSPS) is 11.3. The van der Waals surface area contributed by atoms with Gasteiger partial charge in [-0.1, -0.05) is 24.3 Å². The van der Waals surface area contributed by atoms with E-state index in [1.165, 1.54) is 0 Å². The smallest absolute Gasteiger partial charge is 0.240 e. The number of rotatable bonds is 6. The van der Waals surface area contributed by atoms with Crippen LogP contribution >= 0.6 is 0 Å². The van der Waals surface area contributed by atoms with Crippen LogP contribution in [0.5, 0.6) is 0 Å². The summed E-state index contributed by atoms with van der Waals surface area (Å²) in [4.78, 5) is 0. The lowest BCUT2D eigenvalue weighted by atomic mass is 10.1. The summed E-state index contributed by atoms with van der Waals surface area (Å²) in [5, 5.41) is 38.2. The molecule has 2 aromatic heterocycles. The third-order valence-electron chi connectivity index (χ3n) is 4.28. The van der Waals surface area contributed by atoms with E-state index in [-0.39, 0.29) is 0 Å². The topological polar surface area (TPSA) is 88.7 Å². The molecule has 0 bridgehead atoms. The number of aliphatic hydroxyl groups is 4. The summed E-state index contributed by atoms with van der Waals surface area (Å²) in [5.41, 5.74) is 2.81. The van der Waals surface area contributed by atoms with Crippen molar-refractivity contribution in [2.75, 3.05) is 0 Å². The summed E-state index contributed by atoms with van der Waals surface area (Å²) in [6.07, 6.45) is 0.486. The van der Waals surface area contributed by atoms with Gasteiger partial charge in [-0.15, -0.1) is 0 Å². The molecular weight excluding hydrogens is 332 g/mol. The summed E-state index contributed by atoms with van der Waals surface area (Å²) in [5.74, 6) is 0. The van der Waals surface area contributed by atoms with Crippen LogP contribution in [0, 0.1) is 0 Å². The Hall–Kier alpha value is -2.64. The molecule has 0 saturated carbocycles. The molecule has 6 nitrogen and oxygen atoms in total. The highest BCUT2D eigenvalue weighted by atomic mass is 16.5. The van der Waals surface area contributed by atoms with Gasteiger partial charge in [0.25, 0.3) is 0 Å². The van der Waals surface area contributed by atoms with Crippen LogP contribution in [0.2, 0.25) is 0 Å². The van der Waals surface area contributed by atoms with Crippen LogP contribution in [-0.4, -0.2) is 20.4 Å². The van der Waals surface area contributed by atoms with Crippen LogP contribution in [0.1, 0.15) is 35.1 Å². The largest absolute Gasteiger partial charge is 0.360 e. The molecule has 2 heterocycles. The zero-order chi connectivity index (χ0) is 18.5. The Morgan fingerprint density at radius 2 is 0.962 bits per heavy atom. The van der Waals surface area contributed by atoms with Gasteiger partial charge in [0.2, 0.25) is 24.0 Å². The minimum atomic E-state index is -1.55. The lowest BCUT2D eigenvalue weighted by Gasteiger charge is -2.10. The lowest BCUT2D eigenvalue weighted by molar-refractivity contribution is -0.707. The molecule has 0 saturated heterocycles. The summed E-state index contributed by atoms with van der Waals surface area (Å²) in [7, 11) is 0. The summed E-state index contributed by atoms with van der Waals surface area (Å²) >= 11 is 0. The number of benzene rings is 1. The number of hydrogen-bond donors (Lipinski definition) is 4. The lowest BCUT2D eigenvalue weighted by Crippen LogP contribution is -2.42. The van der Waals surface area contributed by atoms with E-state index in [0.29, 0.717) is 24.5 Å². The third-order valence-corrected chi connectivity index (χ3v) is 4.28. The van der Waals surface area contributed by atoms with Crippen molar-refractivity contribution in [3.05, 3.63) is 95.6 Å². The van der Waals surface area contributed by atoms with Crippen LogP contribution in [0.4, 0.5) is 0 Å². The molecule has 134 valence electrons. The number of nitrogens with zero attached hydrogens (tertiary/aromatic N) is 2. The van der Waals surface area contributed by atoms with E-state index < -0.39 is 12.6 Å². The first-order valence-corrected chi connectivity index (χ1v) is 8.32. The van der Waals surface area contributed by atoms with Gasteiger partial charge in [-0.25, -0.2) is 0 Å². The van der Waals surface area contributed by atoms with E-state index in [1.807, 2.05) is 36.4 Å². The van der Waals surface area contributed by atoms with E-state index in [9.17, 15) is 20.4 Å². The molecule has 0 atom stereocenters. The molecule has 0 fully saturated rings. The SMILES string of the molecule is OC(O)c1cccc[n+]1Cc1ccccc1C[n+]1ccccc1C(O)O. The Kier molecular flexibility index (Phi) is 5.70. The predicted molar refractivity (Wildman–Crippen MR) is 92.3 cm³/mol. The molecule has 1 aromatic carbocycles. The number of aliphatic hydroxyl groups excluding tert-OH is 2. The van der Waals surface area contributed by atoms with Crippen molar-refractivity contribution in [1.29, 1.82) is 0 Å². The maximum Gasteiger partial charge on any atom is 0.240 e. The molecule has 0 aliphatic carbocycles. The van der Waals surface area contributed by atoms with Crippen molar-refractivity contribution in [3.63, 3.8) is 0 Å². The first-order valence-electron chi connectivity index (χ1n) is 8.32. The van der Waals surface area contributed by atoms with E-state index >= 15 is 0 Å². The molecular formula is C20H22N2O4+2. The number of aromatic nitrogens is 2. The highest BCUT2D eigenvalue weighted by Crippen LogP contribution is 2.12. The van der Waals surface area contributed by atoms with Gasteiger partial charge in [0.15, 0.2) is 25.5 Å². The Morgan fingerprint density at radius 1 is 0.577 bits per heavy atom. The molecule has 26 heavy (non-hydrogen) atoms. The first-order chi connectivity index (χ1) is 12.6. The number of hydrogen-bond acceptors (Lipinski definition) is 4. The van der Waals surface area contributed by atoms with E-state index in [2.05, 4.69) is 0 Å². The second-order valence-corrected chi connectivity index (χ2v) is 6.02. The minimum Gasteiger partial charge on any atom is -0.360 e. The van der Waals surface area contributed by atoms with E-state index in [1.54, 1.807) is 45.8 Å². The maximum atomic E-state index is 9.56. The van der Waals surface area contributed by atoms with Gasteiger partial charge in [0.05, 0.1) is 0 Å². The Morgan fingerprint density at radius 3 is 1.35 bits per heavy atom. The van der Waals surface area contributed by atoms with Gasteiger partial charge >= 0.3 is 0 Å². The highest BCUT2D eigenvalue weighted by Gasteiger charge is 2.21. The molecule has 0 aliphatic heterocycles. The van der Waals surface area contributed by atoms with Gasteiger partial charge < -0.3 is 20.4 Å². The first kappa shape index (κ1) is 18.2. The zero-order valence-electron chi connectivity index (χ0n) is 14.2. The molecule has 3 rings (SSSR count). The molecule has 0 unspecified atom stereocenters. The van der Waals surface area contributed by atoms with Crippen LogP contribution in [0.15, 0.2) is 73.1 Å². The van der Waals surface area contributed by atoms with Crippen LogP contribution < -0.4 is 9.13 Å². The van der Waals surface area contributed by atoms with Gasteiger partial charge in [-0.3, -0.25) is 0 Å². The maximum absolute atomic E-state index is 9.56. The van der Waals surface area contributed by atoms with Crippen molar-refractivity contribution in [2.45, 2.75) is 25.7 Å². The number of pyridine rings is 2. The molecule has 3 aromatic rings. The van der Waals surface area contributed by atoms with Crippen LogP contribution in [0.25, 0.3) is 0 Å². The minimum absolute atomic E-state index is 0.404. The van der Waals surface area contributed by atoms with Crippen molar-refractivity contribution in [2.24, 2.45) is 0 Å². The summed E-state index contributed by atoms with van der Waals surface area (Å²) < 4.78 is 3.56. The Balaban J connectivity index is 1.93. The van der Waals surface area contributed by atoms with Gasteiger partial charge in [0, 0.05) is 35.4 Å². The van der Waals surface area contributed by atoms with Crippen LogP contribution in [-0.2, 0) is 13.1 Å². The monoisotopic (exact) mass is 354 g/mol. The fourth-order valence-electron chi connectivity index (χ4n) is 2.97. The van der Waals surface area contributed by atoms with Crippen molar-refractivity contribution in [3.8, 4) is 0 Å². The molecule has 0 spiro atoms. The molecule has 0 amide bonds. The van der Waals surface area contributed by atoms with E-state index in [4.69, 9.17) is 0 Å². The highest BCUT2D eigenvalue weighted by molar-refractivity contribution is 5.25. The third kappa shape index (κ3) is 4.12. The van der Waals surface area contributed by atoms with Crippen molar-refractivity contribution in [1.82, 2.24) is 0 Å². The second kappa shape index (κ2) is 8.16. The Bertz CT molecular complexity index is 808. The average Bonchev–Trinajstić information content (AvgIpc) is 2.64. The van der Waals surface area contributed by atoms with Crippen molar-refractivity contribution >= 4 is 0 Å².